The number of hydrogen-bond donors (Lipinski definition) is 1. The number of H-pyrrole nitrogens is 1. The molecule has 96 valence electrons. The minimum atomic E-state index is 0.591. The van der Waals surface area contributed by atoms with Gasteiger partial charge in [-0.1, -0.05) is 6.07 Å². The third-order valence-corrected chi connectivity index (χ3v) is 3.66. The molecule has 3 aromatic rings. The fourth-order valence-corrected chi connectivity index (χ4v) is 2.45. The van der Waals surface area contributed by atoms with Gasteiger partial charge in [0.2, 0.25) is 0 Å². The van der Waals surface area contributed by atoms with Crippen molar-refractivity contribution in [3.05, 3.63) is 47.4 Å². The van der Waals surface area contributed by atoms with Gasteiger partial charge in [-0.15, -0.1) is 0 Å². The Morgan fingerprint density at radius 3 is 3.05 bits per heavy atom. The lowest BCUT2D eigenvalue weighted by molar-refractivity contribution is 0.915. The molecule has 0 aliphatic heterocycles. The van der Waals surface area contributed by atoms with Crippen molar-refractivity contribution in [3.8, 4) is 0 Å². The van der Waals surface area contributed by atoms with E-state index in [1.807, 2.05) is 31.3 Å². The molecular weight excluding hydrogens is 238 g/mol. The Morgan fingerprint density at radius 2 is 2.21 bits per heavy atom. The summed E-state index contributed by atoms with van der Waals surface area (Å²) in [5.41, 5.74) is 3.21. The van der Waals surface area contributed by atoms with Gasteiger partial charge in [-0.05, 0) is 31.9 Å². The van der Waals surface area contributed by atoms with E-state index in [2.05, 4.69) is 24.6 Å². The predicted molar refractivity (Wildman–Crippen MR) is 71.1 cm³/mol. The Balaban J connectivity index is 1.71. The molecule has 3 aromatic heterocycles. The molecule has 5 heteroatoms. The van der Waals surface area contributed by atoms with Gasteiger partial charge in [0, 0.05) is 18.5 Å². The summed E-state index contributed by atoms with van der Waals surface area (Å²) in [6.07, 6.45) is 5.25. The van der Waals surface area contributed by atoms with Gasteiger partial charge < -0.3 is 4.40 Å². The molecule has 0 radical (unpaired) electrons. The molecule has 0 amide bonds. The topological polar surface area (TPSA) is 58.9 Å². The molecular formula is C14H15N5. The normalized spacial score (nSPS) is 15.2. The number of nitrogens with zero attached hydrogens (tertiary/aromatic N) is 4. The van der Waals surface area contributed by atoms with Gasteiger partial charge in [0.1, 0.15) is 11.5 Å². The molecule has 5 nitrogen and oxygen atoms in total. The largest absolute Gasteiger partial charge is 0.303 e. The smallest absolute Gasteiger partial charge is 0.153 e. The highest BCUT2D eigenvalue weighted by atomic mass is 15.2. The minimum absolute atomic E-state index is 0.591. The lowest BCUT2D eigenvalue weighted by atomic mass is 10.2. The second-order valence-electron chi connectivity index (χ2n) is 5.16. The Labute approximate surface area is 110 Å². The van der Waals surface area contributed by atoms with Crippen LogP contribution in [0.25, 0.3) is 5.65 Å². The summed E-state index contributed by atoms with van der Waals surface area (Å²) in [7, 11) is 0. The number of aryl methyl sites for hydroxylation is 1. The number of nitrogens with one attached hydrogen (secondary N) is 1. The van der Waals surface area contributed by atoms with Crippen LogP contribution in [0.1, 0.15) is 41.8 Å². The molecule has 0 aromatic carbocycles. The number of aromatic amines is 1. The Hall–Kier alpha value is -2.17. The molecule has 0 spiro atoms. The van der Waals surface area contributed by atoms with E-state index >= 15 is 0 Å². The lowest BCUT2D eigenvalue weighted by Crippen LogP contribution is -1.98. The number of fused-ring (bicyclic) bond motifs is 1. The monoisotopic (exact) mass is 253 g/mol. The van der Waals surface area contributed by atoms with Crippen LogP contribution in [0, 0.1) is 6.92 Å². The van der Waals surface area contributed by atoms with Crippen LogP contribution in [-0.2, 0) is 6.42 Å². The second kappa shape index (κ2) is 3.91. The highest BCUT2D eigenvalue weighted by molar-refractivity contribution is 5.43. The quantitative estimate of drug-likeness (QED) is 0.778. The summed E-state index contributed by atoms with van der Waals surface area (Å²) in [4.78, 5) is 9.15. The summed E-state index contributed by atoms with van der Waals surface area (Å²) < 4.78 is 2.12. The maximum atomic E-state index is 4.59. The van der Waals surface area contributed by atoms with Gasteiger partial charge in [0.25, 0.3) is 0 Å². The zero-order valence-electron chi connectivity index (χ0n) is 10.8. The second-order valence-corrected chi connectivity index (χ2v) is 5.16. The number of rotatable bonds is 3. The highest BCUT2D eigenvalue weighted by Crippen LogP contribution is 2.37. The molecule has 1 fully saturated rings. The van der Waals surface area contributed by atoms with E-state index in [-0.39, 0.29) is 0 Å². The van der Waals surface area contributed by atoms with E-state index in [4.69, 9.17) is 0 Å². The molecule has 1 aliphatic rings. The van der Waals surface area contributed by atoms with Crippen molar-refractivity contribution < 1.29 is 0 Å². The zero-order chi connectivity index (χ0) is 12.8. The summed E-state index contributed by atoms with van der Waals surface area (Å²) in [6, 6.07) is 6.05. The molecule has 4 rings (SSSR count). The van der Waals surface area contributed by atoms with Crippen molar-refractivity contribution in [1.82, 2.24) is 24.6 Å². The van der Waals surface area contributed by atoms with Crippen LogP contribution in [0.5, 0.6) is 0 Å². The molecule has 3 heterocycles. The van der Waals surface area contributed by atoms with E-state index in [1.54, 1.807) is 0 Å². The van der Waals surface area contributed by atoms with E-state index < -0.39 is 0 Å². The van der Waals surface area contributed by atoms with Gasteiger partial charge in [0.15, 0.2) is 5.82 Å². The summed E-state index contributed by atoms with van der Waals surface area (Å²) in [5, 5.41) is 7.36. The molecule has 0 bridgehead atoms. The van der Waals surface area contributed by atoms with Crippen LogP contribution in [0.3, 0.4) is 0 Å². The fraction of sp³-hybridized carbons (Fsp3) is 0.357. The average Bonchev–Trinajstić information content (AvgIpc) is 3.09. The van der Waals surface area contributed by atoms with Crippen molar-refractivity contribution in [2.24, 2.45) is 0 Å². The van der Waals surface area contributed by atoms with Crippen molar-refractivity contribution in [2.45, 2.75) is 32.1 Å². The SMILES string of the molecule is Cc1nc2ccccn2c1Cc1nc(C2CC2)n[nH]1. The van der Waals surface area contributed by atoms with Gasteiger partial charge in [-0.2, -0.15) is 5.10 Å². The zero-order valence-corrected chi connectivity index (χ0v) is 10.8. The standard InChI is InChI=1S/C14H15N5/c1-9-11(19-7-3-2-4-13(19)15-9)8-12-16-14(18-17-12)10-5-6-10/h2-4,7,10H,5-6,8H2,1H3,(H,16,17,18). The number of aromatic nitrogens is 5. The third-order valence-electron chi connectivity index (χ3n) is 3.66. The van der Waals surface area contributed by atoms with Crippen LogP contribution >= 0.6 is 0 Å². The molecule has 1 N–H and O–H groups in total. The van der Waals surface area contributed by atoms with E-state index in [0.717, 1.165) is 29.4 Å². The van der Waals surface area contributed by atoms with Gasteiger partial charge in [0.05, 0.1) is 11.4 Å². The first kappa shape index (κ1) is 10.7. The van der Waals surface area contributed by atoms with Gasteiger partial charge >= 0.3 is 0 Å². The fourth-order valence-electron chi connectivity index (χ4n) is 2.45. The maximum absolute atomic E-state index is 4.59. The molecule has 0 saturated heterocycles. The maximum Gasteiger partial charge on any atom is 0.153 e. The van der Waals surface area contributed by atoms with Crippen LogP contribution < -0.4 is 0 Å². The van der Waals surface area contributed by atoms with E-state index in [0.29, 0.717) is 5.92 Å². The van der Waals surface area contributed by atoms with Gasteiger partial charge in [-0.25, -0.2) is 9.97 Å². The van der Waals surface area contributed by atoms with Crippen LogP contribution in [0.2, 0.25) is 0 Å². The highest BCUT2D eigenvalue weighted by Gasteiger charge is 2.27. The number of pyridine rings is 1. The molecule has 1 aliphatic carbocycles. The Morgan fingerprint density at radius 1 is 1.32 bits per heavy atom. The van der Waals surface area contributed by atoms with Crippen LogP contribution in [0.4, 0.5) is 0 Å². The number of imidazole rings is 1. The summed E-state index contributed by atoms with van der Waals surface area (Å²) >= 11 is 0. The lowest BCUT2D eigenvalue weighted by Gasteiger charge is -1.99. The first-order valence-electron chi connectivity index (χ1n) is 6.65. The van der Waals surface area contributed by atoms with Crippen molar-refractivity contribution in [1.29, 1.82) is 0 Å². The predicted octanol–water partition coefficient (Wildman–Crippen LogP) is 2.23. The number of hydrogen-bond acceptors (Lipinski definition) is 3. The first-order valence-corrected chi connectivity index (χ1v) is 6.65. The molecule has 0 unspecified atom stereocenters. The Kier molecular flexibility index (Phi) is 2.21. The van der Waals surface area contributed by atoms with E-state index in [9.17, 15) is 0 Å². The Bertz CT molecular complexity index is 735. The van der Waals surface area contributed by atoms with Crippen LogP contribution in [0.15, 0.2) is 24.4 Å². The first-order chi connectivity index (χ1) is 9.31. The minimum Gasteiger partial charge on any atom is -0.303 e. The van der Waals surface area contributed by atoms with Crippen molar-refractivity contribution in [2.75, 3.05) is 0 Å². The average molecular weight is 253 g/mol. The summed E-state index contributed by atoms with van der Waals surface area (Å²) in [5.74, 6) is 2.49. The molecule has 0 atom stereocenters. The third kappa shape index (κ3) is 1.82. The van der Waals surface area contributed by atoms with Crippen molar-refractivity contribution in [3.63, 3.8) is 0 Å². The summed E-state index contributed by atoms with van der Waals surface area (Å²) in [6.45, 7) is 2.04. The van der Waals surface area contributed by atoms with Crippen molar-refractivity contribution >= 4 is 5.65 Å². The van der Waals surface area contributed by atoms with Gasteiger partial charge in [-0.3, -0.25) is 5.10 Å². The van der Waals surface area contributed by atoms with Crippen LogP contribution in [-0.4, -0.2) is 24.6 Å². The molecule has 1 saturated carbocycles. The molecule has 19 heavy (non-hydrogen) atoms. The van der Waals surface area contributed by atoms with E-state index in [1.165, 1.54) is 18.5 Å².